The Morgan fingerprint density at radius 2 is 2.00 bits per heavy atom. The number of anilines is 1. The van der Waals surface area contributed by atoms with Gasteiger partial charge in [0.25, 0.3) is 0 Å². The Morgan fingerprint density at radius 1 is 1.12 bits per heavy atom. The highest BCUT2D eigenvalue weighted by Gasteiger charge is 2.20. The Morgan fingerprint density at radius 3 is 2.83 bits per heavy atom. The first-order valence-electron chi connectivity index (χ1n) is 8.04. The molecule has 4 rings (SSSR count). The summed E-state index contributed by atoms with van der Waals surface area (Å²) in [7, 11) is 0. The number of fused-ring (bicyclic) bond motifs is 2. The van der Waals surface area contributed by atoms with Crippen LogP contribution in [0.2, 0.25) is 0 Å². The van der Waals surface area contributed by atoms with E-state index in [0.717, 1.165) is 33.9 Å². The smallest absolute Gasteiger partial charge is 0.178 e. The van der Waals surface area contributed by atoms with Gasteiger partial charge in [0.2, 0.25) is 0 Å². The number of hydrogen-bond acceptors (Lipinski definition) is 5. The van der Waals surface area contributed by atoms with Gasteiger partial charge in [0.15, 0.2) is 11.5 Å². The van der Waals surface area contributed by atoms with Crippen molar-refractivity contribution in [2.24, 2.45) is 0 Å². The molecule has 0 aliphatic rings. The first-order valence-corrected chi connectivity index (χ1v) is 8.04. The molecule has 2 N–H and O–H groups in total. The van der Waals surface area contributed by atoms with E-state index in [-0.39, 0.29) is 5.92 Å². The largest absolute Gasteiger partial charge is 0.366 e. The molecule has 0 spiro atoms. The van der Waals surface area contributed by atoms with E-state index in [2.05, 4.69) is 57.4 Å². The molecule has 4 heterocycles. The van der Waals surface area contributed by atoms with E-state index in [1.165, 1.54) is 0 Å². The van der Waals surface area contributed by atoms with Gasteiger partial charge in [0, 0.05) is 29.7 Å². The second kappa shape index (κ2) is 5.59. The van der Waals surface area contributed by atoms with E-state index in [1.54, 1.807) is 6.20 Å². The third-order valence-corrected chi connectivity index (χ3v) is 4.06. The van der Waals surface area contributed by atoms with Crippen molar-refractivity contribution in [2.45, 2.75) is 32.7 Å². The highest BCUT2D eigenvalue weighted by atomic mass is 15.4. The van der Waals surface area contributed by atoms with Crippen LogP contribution in [0.3, 0.4) is 0 Å². The van der Waals surface area contributed by atoms with Gasteiger partial charge in [-0.3, -0.25) is 0 Å². The molecule has 0 aliphatic carbocycles. The number of nitrogens with one attached hydrogen (secondary N) is 2. The second-order valence-corrected chi connectivity index (χ2v) is 6.21. The molecule has 122 valence electrons. The number of rotatable bonds is 4. The van der Waals surface area contributed by atoms with Crippen molar-refractivity contribution in [3.63, 3.8) is 0 Å². The molecule has 0 saturated carbocycles. The number of nitrogens with zero attached hydrogens (tertiary/aromatic N) is 5. The minimum Gasteiger partial charge on any atom is -0.366 e. The molecule has 7 nitrogen and oxygen atoms in total. The van der Waals surface area contributed by atoms with Crippen LogP contribution >= 0.6 is 0 Å². The molecule has 0 aliphatic heterocycles. The van der Waals surface area contributed by atoms with Gasteiger partial charge in [-0.25, -0.2) is 4.98 Å². The molecule has 1 atom stereocenters. The van der Waals surface area contributed by atoms with Crippen LogP contribution in [0.25, 0.3) is 16.7 Å². The predicted molar refractivity (Wildman–Crippen MR) is 93.2 cm³/mol. The van der Waals surface area contributed by atoms with Gasteiger partial charge >= 0.3 is 0 Å². The number of pyridine rings is 1. The van der Waals surface area contributed by atoms with Gasteiger partial charge in [-0.05, 0) is 43.7 Å². The van der Waals surface area contributed by atoms with Crippen molar-refractivity contribution in [3.8, 4) is 0 Å². The lowest BCUT2D eigenvalue weighted by molar-refractivity contribution is 0.750. The van der Waals surface area contributed by atoms with Crippen LogP contribution in [0.15, 0.2) is 36.7 Å². The third kappa shape index (κ3) is 2.38. The minimum absolute atomic E-state index is 0.0414. The Balaban J connectivity index is 1.80. The van der Waals surface area contributed by atoms with E-state index in [4.69, 9.17) is 0 Å². The maximum absolute atomic E-state index is 4.64. The topological polar surface area (TPSA) is 83.8 Å². The maximum Gasteiger partial charge on any atom is 0.178 e. The zero-order valence-electron chi connectivity index (χ0n) is 13.9. The van der Waals surface area contributed by atoms with Crippen molar-refractivity contribution < 1.29 is 0 Å². The summed E-state index contributed by atoms with van der Waals surface area (Å²) in [5.74, 6) is 1.66. The molecule has 0 fully saturated rings. The highest BCUT2D eigenvalue weighted by molar-refractivity contribution is 5.80. The summed E-state index contributed by atoms with van der Waals surface area (Å²) >= 11 is 0. The summed E-state index contributed by atoms with van der Waals surface area (Å²) in [5.41, 5.74) is 2.75. The quantitative estimate of drug-likeness (QED) is 0.604. The van der Waals surface area contributed by atoms with Crippen molar-refractivity contribution in [2.75, 3.05) is 5.32 Å². The fourth-order valence-corrected chi connectivity index (χ4v) is 2.92. The second-order valence-electron chi connectivity index (χ2n) is 6.21. The highest BCUT2D eigenvalue weighted by Crippen LogP contribution is 2.28. The maximum atomic E-state index is 4.64. The molecule has 4 aromatic rings. The zero-order chi connectivity index (χ0) is 16.7. The summed E-state index contributed by atoms with van der Waals surface area (Å²) in [6, 6.07) is 8.17. The fraction of sp³-hybridized carbons (Fsp3) is 0.294. The van der Waals surface area contributed by atoms with E-state index < -0.39 is 0 Å². The molecular weight excluding hydrogens is 302 g/mol. The first-order chi connectivity index (χ1) is 11.6. The van der Waals surface area contributed by atoms with Crippen LogP contribution in [0.5, 0.6) is 0 Å². The van der Waals surface area contributed by atoms with Crippen LogP contribution in [-0.4, -0.2) is 35.8 Å². The standard InChI is InChI=1S/C17H19N7/c1-10(2)20-14-6-7-15-21-22-17(24(15)23-14)11(3)13-9-19-16-12(13)5-4-8-18-16/h4-11H,1-3H3,(H,18,19)(H,20,23)/t11-/m0/s1. The number of hydrogen-bond donors (Lipinski definition) is 2. The van der Waals surface area contributed by atoms with E-state index >= 15 is 0 Å². The lowest BCUT2D eigenvalue weighted by Crippen LogP contribution is -2.13. The van der Waals surface area contributed by atoms with Crippen molar-refractivity contribution in [1.29, 1.82) is 0 Å². The summed E-state index contributed by atoms with van der Waals surface area (Å²) < 4.78 is 1.81. The van der Waals surface area contributed by atoms with Gasteiger partial charge in [-0.2, -0.15) is 4.52 Å². The predicted octanol–water partition coefficient (Wildman–Crippen LogP) is 2.97. The molecule has 24 heavy (non-hydrogen) atoms. The molecule has 0 radical (unpaired) electrons. The monoisotopic (exact) mass is 321 g/mol. The normalized spacial score (nSPS) is 13.0. The lowest BCUT2D eigenvalue weighted by Gasteiger charge is -2.11. The van der Waals surface area contributed by atoms with Gasteiger partial charge in [0.1, 0.15) is 11.5 Å². The van der Waals surface area contributed by atoms with Crippen LogP contribution in [-0.2, 0) is 0 Å². The number of H-pyrrole nitrogens is 1. The Hall–Kier alpha value is -2.96. The molecule has 7 heteroatoms. The summed E-state index contributed by atoms with van der Waals surface area (Å²) in [5, 5.41) is 17.7. The van der Waals surface area contributed by atoms with Gasteiger partial charge in [-0.1, -0.05) is 6.92 Å². The molecule has 0 amide bonds. The van der Waals surface area contributed by atoms with Crippen molar-refractivity contribution in [3.05, 3.63) is 48.0 Å². The van der Waals surface area contributed by atoms with E-state index in [9.17, 15) is 0 Å². The van der Waals surface area contributed by atoms with Crippen LogP contribution in [0.1, 0.15) is 38.1 Å². The van der Waals surface area contributed by atoms with Gasteiger partial charge in [-0.15, -0.1) is 15.3 Å². The summed E-state index contributed by atoms with van der Waals surface area (Å²) in [6.07, 6.45) is 3.77. The Bertz CT molecular complexity index is 998. The minimum atomic E-state index is 0.0414. The van der Waals surface area contributed by atoms with Crippen molar-refractivity contribution in [1.82, 2.24) is 29.8 Å². The zero-order valence-corrected chi connectivity index (χ0v) is 13.9. The summed E-state index contributed by atoms with van der Waals surface area (Å²) in [6.45, 7) is 6.28. The fourth-order valence-electron chi connectivity index (χ4n) is 2.92. The SMILES string of the molecule is CC(C)Nc1ccc2nnc([C@@H](C)c3c[nH]c4ncccc34)n2n1. The molecule has 0 aromatic carbocycles. The van der Waals surface area contributed by atoms with Gasteiger partial charge < -0.3 is 10.3 Å². The van der Waals surface area contributed by atoms with E-state index in [0.29, 0.717) is 6.04 Å². The third-order valence-electron chi connectivity index (χ3n) is 4.06. The van der Waals surface area contributed by atoms with Gasteiger partial charge in [0.05, 0.1) is 0 Å². The average Bonchev–Trinajstić information content (AvgIpc) is 3.17. The first kappa shape index (κ1) is 14.6. The molecule has 0 bridgehead atoms. The van der Waals surface area contributed by atoms with Crippen LogP contribution < -0.4 is 5.32 Å². The average molecular weight is 321 g/mol. The number of aromatic amines is 1. The Labute approximate surface area is 139 Å². The summed E-state index contributed by atoms with van der Waals surface area (Å²) in [4.78, 5) is 7.57. The number of aromatic nitrogens is 6. The van der Waals surface area contributed by atoms with E-state index in [1.807, 2.05) is 28.9 Å². The molecular formula is C17H19N7. The lowest BCUT2D eigenvalue weighted by atomic mass is 10.0. The van der Waals surface area contributed by atoms with Crippen LogP contribution in [0.4, 0.5) is 5.82 Å². The molecule has 0 saturated heterocycles. The molecule has 4 aromatic heterocycles. The van der Waals surface area contributed by atoms with Crippen LogP contribution in [0, 0.1) is 0 Å². The molecule has 0 unspecified atom stereocenters. The Kier molecular flexibility index (Phi) is 3.41. The van der Waals surface area contributed by atoms with Crippen molar-refractivity contribution >= 4 is 22.5 Å².